The second-order valence-corrected chi connectivity index (χ2v) is 5.61. The molecule has 0 spiro atoms. The highest BCUT2D eigenvalue weighted by Crippen LogP contribution is 2.18. The van der Waals surface area contributed by atoms with Gasteiger partial charge in [-0.05, 0) is 30.9 Å². The van der Waals surface area contributed by atoms with E-state index >= 15 is 0 Å². The van der Waals surface area contributed by atoms with Gasteiger partial charge in [0.05, 0.1) is 12.2 Å². The second kappa shape index (κ2) is 9.09. The van der Waals surface area contributed by atoms with Gasteiger partial charge >= 0.3 is 6.03 Å². The highest BCUT2D eigenvalue weighted by molar-refractivity contribution is 5.93. The molecule has 0 unspecified atom stereocenters. The van der Waals surface area contributed by atoms with Gasteiger partial charge < -0.3 is 20.3 Å². The molecular weight excluding hydrogens is 296 g/mol. The smallest absolute Gasteiger partial charge is 0.314 e. The number of likely N-dealkylation sites (tertiary alicyclic amines) is 1. The molecule has 23 heavy (non-hydrogen) atoms. The summed E-state index contributed by atoms with van der Waals surface area (Å²) in [5.41, 5.74) is 0.626. The first-order chi connectivity index (χ1) is 11.2. The van der Waals surface area contributed by atoms with E-state index in [-0.39, 0.29) is 11.9 Å². The van der Waals surface area contributed by atoms with Crippen LogP contribution >= 0.6 is 0 Å². The number of amides is 3. The maximum atomic E-state index is 12.3. The first-order valence-electron chi connectivity index (χ1n) is 7.90. The summed E-state index contributed by atoms with van der Waals surface area (Å²) in [5, 5.41) is 5.59. The molecule has 7 heteroatoms. The van der Waals surface area contributed by atoms with Crippen molar-refractivity contribution in [2.75, 3.05) is 39.9 Å². The molecule has 0 atom stereocenters. The molecule has 2 rings (SSSR count). The van der Waals surface area contributed by atoms with Crippen molar-refractivity contribution < 1.29 is 14.3 Å². The van der Waals surface area contributed by atoms with Crippen molar-refractivity contribution in [1.29, 1.82) is 0 Å². The number of urea groups is 1. The molecule has 0 saturated carbocycles. The Labute approximate surface area is 136 Å². The van der Waals surface area contributed by atoms with E-state index < -0.39 is 0 Å². The molecular formula is C16H24N4O3. The predicted molar refractivity (Wildman–Crippen MR) is 86.1 cm³/mol. The SMILES string of the molecule is COCCNC(=O)NCC1CCN(C(=O)c2cccnc2)CC1. The number of pyridine rings is 1. The van der Waals surface area contributed by atoms with Crippen LogP contribution in [0, 0.1) is 5.92 Å². The zero-order valence-electron chi connectivity index (χ0n) is 13.5. The number of carbonyl (C=O) groups excluding carboxylic acids is 2. The fraction of sp³-hybridized carbons (Fsp3) is 0.562. The van der Waals surface area contributed by atoms with Crippen LogP contribution in [0.3, 0.4) is 0 Å². The van der Waals surface area contributed by atoms with Gasteiger partial charge in [0.1, 0.15) is 0 Å². The lowest BCUT2D eigenvalue weighted by atomic mass is 9.96. The molecule has 2 heterocycles. The fourth-order valence-electron chi connectivity index (χ4n) is 2.58. The van der Waals surface area contributed by atoms with Crippen LogP contribution in [0.2, 0.25) is 0 Å². The molecule has 0 aromatic carbocycles. The van der Waals surface area contributed by atoms with Gasteiger partial charge in [0, 0.05) is 45.7 Å². The van der Waals surface area contributed by atoms with Gasteiger partial charge in [-0.25, -0.2) is 4.79 Å². The molecule has 2 N–H and O–H groups in total. The van der Waals surface area contributed by atoms with E-state index in [9.17, 15) is 9.59 Å². The Bertz CT molecular complexity index is 501. The van der Waals surface area contributed by atoms with Crippen molar-refractivity contribution in [3.8, 4) is 0 Å². The van der Waals surface area contributed by atoms with Gasteiger partial charge in [0.25, 0.3) is 5.91 Å². The van der Waals surface area contributed by atoms with Gasteiger partial charge in [-0.2, -0.15) is 0 Å². The Morgan fingerprint density at radius 1 is 1.35 bits per heavy atom. The lowest BCUT2D eigenvalue weighted by molar-refractivity contribution is 0.0690. The summed E-state index contributed by atoms with van der Waals surface area (Å²) in [5.74, 6) is 0.433. The standard InChI is InChI=1S/C16H24N4O3/c1-23-10-7-18-16(22)19-11-13-4-8-20(9-5-13)15(21)14-3-2-6-17-12-14/h2-3,6,12-13H,4-5,7-11H2,1H3,(H2,18,19,22). The van der Waals surface area contributed by atoms with Gasteiger partial charge in [-0.1, -0.05) is 0 Å². The van der Waals surface area contributed by atoms with Crippen LogP contribution in [-0.2, 0) is 4.74 Å². The molecule has 126 valence electrons. The van der Waals surface area contributed by atoms with Crippen molar-refractivity contribution in [3.63, 3.8) is 0 Å². The van der Waals surface area contributed by atoms with E-state index in [0.717, 1.165) is 12.8 Å². The number of nitrogens with one attached hydrogen (secondary N) is 2. The first-order valence-corrected chi connectivity index (χ1v) is 7.90. The average Bonchev–Trinajstić information content (AvgIpc) is 2.61. The molecule has 1 fully saturated rings. The average molecular weight is 320 g/mol. The molecule has 0 bridgehead atoms. The molecule has 1 aliphatic rings. The molecule has 0 aliphatic carbocycles. The largest absolute Gasteiger partial charge is 0.383 e. The summed E-state index contributed by atoms with van der Waals surface area (Å²) < 4.78 is 4.87. The molecule has 1 aromatic rings. The minimum atomic E-state index is -0.170. The number of piperidine rings is 1. The quantitative estimate of drug-likeness (QED) is 0.762. The summed E-state index contributed by atoms with van der Waals surface area (Å²) in [6.45, 7) is 3.06. The summed E-state index contributed by atoms with van der Waals surface area (Å²) in [6, 6.07) is 3.38. The Hall–Kier alpha value is -2.15. The molecule has 7 nitrogen and oxygen atoms in total. The lowest BCUT2D eigenvalue weighted by Crippen LogP contribution is -2.44. The Kier molecular flexibility index (Phi) is 6.80. The minimum absolute atomic E-state index is 0.0295. The van der Waals surface area contributed by atoms with Crippen LogP contribution in [-0.4, -0.2) is 61.7 Å². The van der Waals surface area contributed by atoms with E-state index in [0.29, 0.717) is 44.3 Å². The number of hydrogen-bond acceptors (Lipinski definition) is 4. The lowest BCUT2D eigenvalue weighted by Gasteiger charge is -2.32. The Morgan fingerprint density at radius 3 is 2.78 bits per heavy atom. The maximum Gasteiger partial charge on any atom is 0.314 e. The number of carbonyl (C=O) groups is 2. The third-order valence-corrected chi connectivity index (χ3v) is 3.95. The first kappa shape index (κ1) is 17.2. The zero-order chi connectivity index (χ0) is 16.5. The topological polar surface area (TPSA) is 83.6 Å². The molecule has 1 aromatic heterocycles. The highest BCUT2D eigenvalue weighted by Gasteiger charge is 2.23. The summed E-state index contributed by atoms with van der Waals surface area (Å²) in [4.78, 5) is 29.7. The number of methoxy groups -OCH3 is 1. The fourth-order valence-corrected chi connectivity index (χ4v) is 2.58. The number of nitrogens with zero attached hydrogens (tertiary/aromatic N) is 2. The zero-order valence-corrected chi connectivity index (χ0v) is 13.5. The third-order valence-electron chi connectivity index (χ3n) is 3.95. The summed E-state index contributed by atoms with van der Waals surface area (Å²) in [7, 11) is 1.60. The number of rotatable bonds is 6. The van der Waals surface area contributed by atoms with E-state index in [4.69, 9.17) is 4.74 Å². The van der Waals surface area contributed by atoms with Crippen molar-refractivity contribution in [1.82, 2.24) is 20.5 Å². The molecule has 3 amide bonds. The van der Waals surface area contributed by atoms with E-state index in [1.165, 1.54) is 0 Å². The van der Waals surface area contributed by atoms with Crippen LogP contribution in [0.25, 0.3) is 0 Å². The van der Waals surface area contributed by atoms with E-state index in [1.54, 1.807) is 31.6 Å². The van der Waals surface area contributed by atoms with Crippen LogP contribution in [0.5, 0.6) is 0 Å². The number of ether oxygens (including phenoxy) is 1. The van der Waals surface area contributed by atoms with Gasteiger partial charge in [0.15, 0.2) is 0 Å². The van der Waals surface area contributed by atoms with Gasteiger partial charge in [-0.3, -0.25) is 9.78 Å². The Morgan fingerprint density at radius 2 is 2.13 bits per heavy atom. The van der Waals surface area contributed by atoms with Crippen LogP contribution in [0.15, 0.2) is 24.5 Å². The summed E-state index contributed by atoms with van der Waals surface area (Å²) >= 11 is 0. The van der Waals surface area contributed by atoms with E-state index in [2.05, 4.69) is 15.6 Å². The second-order valence-electron chi connectivity index (χ2n) is 5.61. The van der Waals surface area contributed by atoms with Gasteiger partial charge in [0.2, 0.25) is 0 Å². The monoisotopic (exact) mass is 320 g/mol. The molecule has 0 radical (unpaired) electrons. The number of aromatic nitrogens is 1. The van der Waals surface area contributed by atoms with Crippen molar-refractivity contribution >= 4 is 11.9 Å². The van der Waals surface area contributed by atoms with Gasteiger partial charge in [-0.15, -0.1) is 0 Å². The predicted octanol–water partition coefficient (Wildman–Crippen LogP) is 0.879. The molecule has 1 saturated heterocycles. The Balaban J connectivity index is 1.68. The van der Waals surface area contributed by atoms with Crippen molar-refractivity contribution in [2.24, 2.45) is 5.92 Å². The van der Waals surface area contributed by atoms with Crippen LogP contribution in [0.4, 0.5) is 4.79 Å². The van der Waals surface area contributed by atoms with Crippen LogP contribution in [0.1, 0.15) is 23.2 Å². The van der Waals surface area contributed by atoms with Crippen LogP contribution < -0.4 is 10.6 Å². The molecule has 1 aliphatic heterocycles. The minimum Gasteiger partial charge on any atom is -0.383 e. The normalized spacial score (nSPS) is 15.3. The highest BCUT2D eigenvalue weighted by atomic mass is 16.5. The summed E-state index contributed by atoms with van der Waals surface area (Å²) in [6.07, 6.45) is 5.04. The van der Waals surface area contributed by atoms with E-state index in [1.807, 2.05) is 4.90 Å². The van der Waals surface area contributed by atoms with Crippen molar-refractivity contribution in [2.45, 2.75) is 12.8 Å². The maximum absolute atomic E-state index is 12.3. The number of hydrogen-bond donors (Lipinski definition) is 2. The third kappa shape index (κ3) is 5.52. The van der Waals surface area contributed by atoms with Crippen molar-refractivity contribution in [3.05, 3.63) is 30.1 Å².